The van der Waals surface area contributed by atoms with E-state index in [1.54, 1.807) is 31.2 Å². The molecule has 0 aromatic heterocycles. The van der Waals surface area contributed by atoms with Crippen molar-refractivity contribution in [3.63, 3.8) is 0 Å². The third-order valence-electron chi connectivity index (χ3n) is 3.86. The number of benzene rings is 3. The first-order valence-electron chi connectivity index (χ1n) is 8.03. The Morgan fingerprint density at radius 2 is 1.44 bits per heavy atom. The van der Waals surface area contributed by atoms with E-state index in [0.717, 1.165) is 0 Å². The van der Waals surface area contributed by atoms with E-state index >= 15 is 0 Å². The molecule has 25 heavy (non-hydrogen) atoms. The Labute approximate surface area is 143 Å². The van der Waals surface area contributed by atoms with Crippen LogP contribution in [-0.2, 0) is 0 Å². The highest BCUT2D eigenvalue weighted by Crippen LogP contribution is 2.35. The molecule has 0 radical (unpaired) electrons. The number of fused-ring (bicyclic) bond motifs is 1. The number of halogens is 3. The SMILES string of the molecule is CCOc1ccc(-c2cc3ccc(OCC)c(F)c3c(F)c2F)cc1. The largest absolute Gasteiger partial charge is 0.494 e. The molecule has 0 unspecified atom stereocenters. The summed E-state index contributed by atoms with van der Waals surface area (Å²) in [7, 11) is 0. The highest BCUT2D eigenvalue weighted by molar-refractivity contribution is 5.90. The monoisotopic (exact) mass is 346 g/mol. The summed E-state index contributed by atoms with van der Waals surface area (Å²) >= 11 is 0. The van der Waals surface area contributed by atoms with Crippen LogP contribution in [0.15, 0.2) is 42.5 Å². The molecule has 0 saturated heterocycles. The minimum atomic E-state index is -1.22. The topological polar surface area (TPSA) is 18.5 Å². The van der Waals surface area contributed by atoms with Crippen molar-refractivity contribution in [3.8, 4) is 22.6 Å². The molecule has 0 aliphatic heterocycles. The molecule has 0 amide bonds. The Balaban J connectivity index is 2.14. The average molecular weight is 346 g/mol. The number of rotatable bonds is 5. The van der Waals surface area contributed by atoms with Gasteiger partial charge in [0.2, 0.25) is 0 Å². The van der Waals surface area contributed by atoms with E-state index in [1.807, 2.05) is 6.92 Å². The van der Waals surface area contributed by atoms with Gasteiger partial charge in [0.25, 0.3) is 0 Å². The van der Waals surface area contributed by atoms with Crippen LogP contribution >= 0.6 is 0 Å². The zero-order chi connectivity index (χ0) is 18.0. The van der Waals surface area contributed by atoms with Crippen LogP contribution in [0.3, 0.4) is 0 Å². The Hall–Kier alpha value is -2.69. The van der Waals surface area contributed by atoms with Crippen LogP contribution in [0, 0.1) is 17.5 Å². The fraction of sp³-hybridized carbons (Fsp3) is 0.200. The van der Waals surface area contributed by atoms with Gasteiger partial charge in [-0.15, -0.1) is 0 Å². The molecule has 0 spiro atoms. The van der Waals surface area contributed by atoms with Gasteiger partial charge in [0.15, 0.2) is 23.2 Å². The minimum absolute atomic E-state index is 0.0663. The minimum Gasteiger partial charge on any atom is -0.494 e. The van der Waals surface area contributed by atoms with Crippen LogP contribution < -0.4 is 9.47 Å². The Kier molecular flexibility index (Phi) is 4.83. The molecule has 2 nitrogen and oxygen atoms in total. The summed E-state index contributed by atoms with van der Waals surface area (Å²) in [5, 5.41) is -0.137. The highest BCUT2D eigenvalue weighted by atomic mass is 19.2. The first kappa shape index (κ1) is 17.1. The summed E-state index contributed by atoms with van der Waals surface area (Å²) in [6.07, 6.45) is 0. The van der Waals surface area contributed by atoms with Gasteiger partial charge in [-0.05, 0) is 49.1 Å². The summed E-state index contributed by atoms with van der Waals surface area (Å²) in [6.45, 7) is 4.30. The van der Waals surface area contributed by atoms with Crippen LogP contribution in [0.1, 0.15) is 13.8 Å². The van der Waals surface area contributed by atoms with Gasteiger partial charge in [0.05, 0.1) is 18.6 Å². The second-order valence-corrected chi connectivity index (χ2v) is 5.42. The van der Waals surface area contributed by atoms with Crippen LogP contribution in [0.5, 0.6) is 11.5 Å². The van der Waals surface area contributed by atoms with E-state index < -0.39 is 22.8 Å². The molecule has 3 aromatic carbocycles. The third kappa shape index (κ3) is 3.14. The number of hydrogen-bond donors (Lipinski definition) is 0. The van der Waals surface area contributed by atoms with Gasteiger partial charge in [-0.1, -0.05) is 18.2 Å². The quantitative estimate of drug-likeness (QED) is 0.588. The lowest BCUT2D eigenvalue weighted by molar-refractivity contribution is 0.322. The Morgan fingerprint density at radius 1 is 0.760 bits per heavy atom. The van der Waals surface area contributed by atoms with Gasteiger partial charge in [-0.3, -0.25) is 0 Å². The molecule has 0 heterocycles. The predicted molar refractivity (Wildman–Crippen MR) is 91.6 cm³/mol. The van der Waals surface area contributed by atoms with Gasteiger partial charge >= 0.3 is 0 Å². The normalized spacial score (nSPS) is 10.9. The van der Waals surface area contributed by atoms with Gasteiger partial charge in [-0.2, -0.15) is 0 Å². The molecule has 0 saturated carbocycles. The molecule has 3 aromatic rings. The fourth-order valence-corrected chi connectivity index (χ4v) is 2.74. The van der Waals surface area contributed by atoms with Crippen molar-refractivity contribution in [2.45, 2.75) is 13.8 Å². The second-order valence-electron chi connectivity index (χ2n) is 5.42. The lowest BCUT2D eigenvalue weighted by atomic mass is 9.99. The first-order valence-corrected chi connectivity index (χ1v) is 8.03. The summed E-state index contributed by atoms with van der Waals surface area (Å²) in [5.74, 6) is -2.67. The lowest BCUT2D eigenvalue weighted by Crippen LogP contribution is -1.99. The first-order chi connectivity index (χ1) is 12.1. The van der Waals surface area contributed by atoms with Crippen molar-refractivity contribution < 1.29 is 22.6 Å². The van der Waals surface area contributed by atoms with Crippen LogP contribution in [0.25, 0.3) is 21.9 Å². The zero-order valence-electron chi connectivity index (χ0n) is 13.9. The summed E-state index contributed by atoms with van der Waals surface area (Å²) in [5.41, 5.74) is 0.549. The fourth-order valence-electron chi connectivity index (χ4n) is 2.74. The van der Waals surface area contributed by atoms with E-state index in [-0.39, 0.29) is 23.3 Å². The van der Waals surface area contributed by atoms with E-state index in [4.69, 9.17) is 9.47 Å². The smallest absolute Gasteiger partial charge is 0.175 e. The summed E-state index contributed by atoms with van der Waals surface area (Å²) in [6, 6.07) is 11.0. The van der Waals surface area contributed by atoms with Crippen molar-refractivity contribution in [2.75, 3.05) is 13.2 Å². The lowest BCUT2D eigenvalue weighted by Gasteiger charge is -2.12. The molecule has 0 atom stereocenters. The van der Waals surface area contributed by atoms with E-state index in [9.17, 15) is 13.2 Å². The molecular formula is C20H17F3O2. The molecule has 0 fully saturated rings. The molecule has 0 N–H and O–H groups in total. The van der Waals surface area contributed by atoms with Crippen molar-refractivity contribution in [1.29, 1.82) is 0 Å². The Bertz CT molecular complexity index is 905. The second kappa shape index (κ2) is 7.05. The maximum Gasteiger partial charge on any atom is 0.175 e. The molecule has 5 heteroatoms. The van der Waals surface area contributed by atoms with E-state index in [1.165, 1.54) is 18.2 Å². The molecule has 130 valence electrons. The molecule has 3 rings (SSSR count). The van der Waals surface area contributed by atoms with E-state index in [0.29, 0.717) is 17.9 Å². The molecule has 0 aliphatic carbocycles. The average Bonchev–Trinajstić information content (AvgIpc) is 2.61. The Morgan fingerprint density at radius 3 is 2.08 bits per heavy atom. The van der Waals surface area contributed by atoms with Crippen molar-refractivity contribution in [3.05, 3.63) is 59.9 Å². The van der Waals surface area contributed by atoms with Crippen molar-refractivity contribution in [2.24, 2.45) is 0 Å². The van der Waals surface area contributed by atoms with Crippen LogP contribution in [0.2, 0.25) is 0 Å². The van der Waals surface area contributed by atoms with Crippen LogP contribution in [-0.4, -0.2) is 13.2 Å². The van der Waals surface area contributed by atoms with Gasteiger partial charge < -0.3 is 9.47 Å². The maximum atomic E-state index is 14.5. The van der Waals surface area contributed by atoms with Gasteiger partial charge in [0.1, 0.15) is 5.75 Å². The van der Waals surface area contributed by atoms with Crippen LogP contribution in [0.4, 0.5) is 13.2 Å². The molecule has 0 aliphatic rings. The maximum absolute atomic E-state index is 14.5. The summed E-state index contributed by atoms with van der Waals surface area (Å²) < 4.78 is 54.0. The van der Waals surface area contributed by atoms with Gasteiger partial charge in [0, 0.05) is 5.56 Å². The predicted octanol–water partition coefficient (Wildman–Crippen LogP) is 5.72. The molecular weight excluding hydrogens is 329 g/mol. The van der Waals surface area contributed by atoms with E-state index in [2.05, 4.69) is 0 Å². The summed E-state index contributed by atoms with van der Waals surface area (Å²) in [4.78, 5) is 0. The zero-order valence-corrected chi connectivity index (χ0v) is 13.9. The van der Waals surface area contributed by atoms with Gasteiger partial charge in [-0.25, -0.2) is 13.2 Å². The van der Waals surface area contributed by atoms with Crippen molar-refractivity contribution in [1.82, 2.24) is 0 Å². The number of ether oxygens (including phenoxy) is 2. The third-order valence-corrected chi connectivity index (χ3v) is 3.86. The standard InChI is InChI=1S/C20H17F3O2/c1-3-24-14-8-5-12(6-9-14)15-11-13-7-10-16(25-4-2)19(22)17(13)20(23)18(15)21/h5-11H,3-4H2,1-2H3. The molecule has 0 bridgehead atoms. The highest BCUT2D eigenvalue weighted by Gasteiger charge is 2.20. The van der Waals surface area contributed by atoms with Crippen molar-refractivity contribution >= 4 is 10.8 Å². The number of hydrogen-bond acceptors (Lipinski definition) is 2.